The first-order chi connectivity index (χ1) is 10.5. The minimum atomic E-state index is -3.15. The lowest BCUT2D eigenvalue weighted by Crippen LogP contribution is -2.48. The van der Waals surface area contributed by atoms with E-state index in [4.69, 9.17) is 0 Å². The van der Waals surface area contributed by atoms with Crippen LogP contribution in [0.4, 0.5) is 0 Å². The number of nitrogens with zero attached hydrogens (tertiary/aromatic N) is 2. The van der Waals surface area contributed by atoms with Gasteiger partial charge in [0.05, 0.1) is 12.8 Å². The van der Waals surface area contributed by atoms with Crippen molar-refractivity contribution in [1.29, 1.82) is 0 Å². The van der Waals surface area contributed by atoms with Crippen molar-refractivity contribution in [2.24, 2.45) is 4.99 Å². The van der Waals surface area contributed by atoms with Crippen LogP contribution in [0.5, 0.6) is 0 Å². The fourth-order valence-electron chi connectivity index (χ4n) is 1.87. The average Bonchev–Trinajstić information content (AvgIpc) is 2.38. The van der Waals surface area contributed by atoms with E-state index >= 15 is 0 Å². The van der Waals surface area contributed by atoms with Gasteiger partial charge in [-0.3, -0.25) is 9.79 Å². The van der Waals surface area contributed by atoms with Crippen molar-refractivity contribution in [3.8, 4) is 0 Å². The van der Waals surface area contributed by atoms with Crippen molar-refractivity contribution in [3.05, 3.63) is 0 Å². The van der Waals surface area contributed by atoms with Gasteiger partial charge in [-0.05, 0) is 27.2 Å². The number of hydrogen-bond donors (Lipinski definition) is 3. The summed E-state index contributed by atoms with van der Waals surface area (Å²) in [4.78, 5) is 15.7. The molecule has 23 heavy (non-hydrogen) atoms. The SMILES string of the molecule is CCN(CCCNC(=NC)NCC(=O)NC(C)(C)C)S(C)(=O)=O. The number of sulfonamides is 1. The number of carbonyl (C=O) groups excluding carboxylic acids is 1. The molecule has 0 saturated heterocycles. The maximum Gasteiger partial charge on any atom is 0.239 e. The Morgan fingerprint density at radius 2 is 1.83 bits per heavy atom. The Balaban J connectivity index is 4.11. The van der Waals surface area contributed by atoms with E-state index in [1.54, 1.807) is 7.05 Å². The summed E-state index contributed by atoms with van der Waals surface area (Å²) in [7, 11) is -1.54. The molecule has 136 valence electrons. The van der Waals surface area contributed by atoms with E-state index in [1.807, 2.05) is 27.7 Å². The Kier molecular flexibility index (Phi) is 9.14. The van der Waals surface area contributed by atoms with Gasteiger partial charge in [0.25, 0.3) is 0 Å². The smallest absolute Gasteiger partial charge is 0.239 e. The molecule has 0 radical (unpaired) electrons. The summed E-state index contributed by atoms with van der Waals surface area (Å²) in [5, 5.41) is 8.82. The summed E-state index contributed by atoms with van der Waals surface area (Å²) in [6, 6.07) is 0. The quantitative estimate of drug-likeness (QED) is 0.318. The van der Waals surface area contributed by atoms with Crippen molar-refractivity contribution in [1.82, 2.24) is 20.3 Å². The highest BCUT2D eigenvalue weighted by Gasteiger charge is 2.14. The molecule has 0 fully saturated rings. The van der Waals surface area contributed by atoms with Crippen molar-refractivity contribution in [3.63, 3.8) is 0 Å². The second-order valence-corrected chi connectivity index (χ2v) is 8.24. The predicted molar refractivity (Wildman–Crippen MR) is 94.0 cm³/mol. The standard InChI is InChI=1S/C14H31N5O3S/c1-7-19(23(6,21)22)10-8-9-16-13(15-5)17-11-12(20)18-14(2,3)4/h7-11H2,1-6H3,(H,18,20)(H2,15,16,17). The molecule has 0 bridgehead atoms. The van der Waals surface area contributed by atoms with Crippen LogP contribution in [0.1, 0.15) is 34.1 Å². The fourth-order valence-corrected chi connectivity index (χ4v) is 2.80. The van der Waals surface area contributed by atoms with E-state index in [0.29, 0.717) is 32.0 Å². The van der Waals surface area contributed by atoms with Crippen LogP contribution in [-0.2, 0) is 14.8 Å². The highest BCUT2D eigenvalue weighted by atomic mass is 32.2. The molecule has 3 N–H and O–H groups in total. The summed E-state index contributed by atoms with van der Waals surface area (Å²) in [6.45, 7) is 9.15. The highest BCUT2D eigenvalue weighted by Crippen LogP contribution is 1.98. The summed E-state index contributed by atoms with van der Waals surface area (Å²) >= 11 is 0. The number of hydrogen-bond acceptors (Lipinski definition) is 4. The van der Waals surface area contributed by atoms with Gasteiger partial charge in [-0.15, -0.1) is 0 Å². The average molecular weight is 350 g/mol. The zero-order chi connectivity index (χ0) is 18.1. The lowest BCUT2D eigenvalue weighted by molar-refractivity contribution is -0.121. The largest absolute Gasteiger partial charge is 0.356 e. The summed E-state index contributed by atoms with van der Waals surface area (Å²) in [6.07, 6.45) is 1.86. The first-order valence-electron chi connectivity index (χ1n) is 7.70. The number of rotatable bonds is 8. The first-order valence-corrected chi connectivity index (χ1v) is 9.55. The second-order valence-electron chi connectivity index (χ2n) is 6.26. The molecule has 0 aliphatic rings. The van der Waals surface area contributed by atoms with E-state index in [0.717, 1.165) is 0 Å². The molecule has 0 aliphatic carbocycles. The number of carbonyl (C=O) groups is 1. The molecule has 9 heteroatoms. The minimum Gasteiger partial charge on any atom is -0.356 e. The van der Waals surface area contributed by atoms with Gasteiger partial charge < -0.3 is 16.0 Å². The van der Waals surface area contributed by atoms with E-state index in [2.05, 4.69) is 20.9 Å². The van der Waals surface area contributed by atoms with Gasteiger partial charge in [0.2, 0.25) is 15.9 Å². The first kappa shape index (κ1) is 21.6. The third-order valence-corrected chi connectivity index (χ3v) is 4.23. The molecule has 0 atom stereocenters. The van der Waals surface area contributed by atoms with Gasteiger partial charge in [0, 0.05) is 32.2 Å². The number of aliphatic imine (C=N–C) groups is 1. The Morgan fingerprint density at radius 1 is 1.22 bits per heavy atom. The number of guanidine groups is 1. The van der Waals surface area contributed by atoms with Crippen LogP contribution >= 0.6 is 0 Å². The molecule has 0 aromatic carbocycles. The lowest BCUT2D eigenvalue weighted by Gasteiger charge is -2.21. The molecule has 0 saturated carbocycles. The Hall–Kier alpha value is -1.35. The van der Waals surface area contributed by atoms with Crippen LogP contribution in [0.3, 0.4) is 0 Å². The zero-order valence-electron chi connectivity index (χ0n) is 15.1. The normalized spacial score (nSPS) is 13.1. The molecule has 0 aromatic rings. The van der Waals surface area contributed by atoms with Gasteiger partial charge >= 0.3 is 0 Å². The molecule has 0 aliphatic heterocycles. The van der Waals surface area contributed by atoms with Crippen LogP contribution < -0.4 is 16.0 Å². The summed E-state index contributed by atoms with van der Waals surface area (Å²) in [5.41, 5.74) is -0.273. The molecule has 0 rings (SSSR count). The summed E-state index contributed by atoms with van der Waals surface area (Å²) < 4.78 is 24.3. The van der Waals surface area contributed by atoms with Crippen molar-refractivity contribution in [2.45, 2.75) is 39.7 Å². The predicted octanol–water partition coefficient (Wildman–Crippen LogP) is -0.262. The molecule has 1 amide bonds. The molecule has 8 nitrogen and oxygen atoms in total. The van der Waals surface area contributed by atoms with Gasteiger partial charge in [-0.2, -0.15) is 0 Å². The third-order valence-electron chi connectivity index (χ3n) is 2.85. The van der Waals surface area contributed by atoms with Crippen molar-refractivity contribution >= 4 is 21.9 Å². The third kappa shape index (κ3) is 10.9. The molecule has 0 heterocycles. The highest BCUT2D eigenvalue weighted by molar-refractivity contribution is 7.88. The lowest BCUT2D eigenvalue weighted by atomic mass is 10.1. The number of nitrogens with one attached hydrogen (secondary N) is 3. The molecular formula is C14H31N5O3S. The maximum atomic E-state index is 11.7. The molecular weight excluding hydrogens is 318 g/mol. The van der Waals surface area contributed by atoms with Crippen LogP contribution in [0.25, 0.3) is 0 Å². The minimum absolute atomic E-state index is 0.116. The van der Waals surface area contributed by atoms with Crippen LogP contribution in [0.2, 0.25) is 0 Å². The molecule has 0 aromatic heterocycles. The topological polar surface area (TPSA) is 103 Å². The van der Waals surface area contributed by atoms with Crippen LogP contribution in [0.15, 0.2) is 4.99 Å². The fraction of sp³-hybridized carbons (Fsp3) is 0.857. The van der Waals surface area contributed by atoms with Gasteiger partial charge in [0.1, 0.15) is 0 Å². The van der Waals surface area contributed by atoms with Gasteiger partial charge in [-0.25, -0.2) is 12.7 Å². The van der Waals surface area contributed by atoms with Gasteiger partial charge in [-0.1, -0.05) is 6.92 Å². The van der Waals surface area contributed by atoms with E-state index < -0.39 is 10.0 Å². The Labute approximate surface area is 140 Å². The van der Waals surface area contributed by atoms with Crippen LogP contribution in [-0.4, -0.2) is 69.6 Å². The van der Waals surface area contributed by atoms with E-state index in [-0.39, 0.29) is 18.0 Å². The van der Waals surface area contributed by atoms with Gasteiger partial charge in [0.15, 0.2) is 5.96 Å². The monoisotopic (exact) mass is 349 g/mol. The Morgan fingerprint density at radius 3 is 2.26 bits per heavy atom. The van der Waals surface area contributed by atoms with E-state index in [9.17, 15) is 13.2 Å². The van der Waals surface area contributed by atoms with E-state index in [1.165, 1.54) is 10.6 Å². The second kappa shape index (κ2) is 9.71. The Bertz CT molecular complexity index is 497. The zero-order valence-corrected chi connectivity index (χ0v) is 15.9. The molecule has 0 spiro atoms. The maximum absolute atomic E-state index is 11.7. The number of amides is 1. The molecule has 0 unspecified atom stereocenters. The van der Waals surface area contributed by atoms with Crippen LogP contribution in [0, 0.1) is 0 Å². The summed E-state index contributed by atoms with van der Waals surface area (Å²) in [5.74, 6) is 0.395. The van der Waals surface area contributed by atoms with Crippen molar-refractivity contribution in [2.75, 3.05) is 39.5 Å². The van der Waals surface area contributed by atoms with Crippen molar-refractivity contribution < 1.29 is 13.2 Å².